The Morgan fingerprint density at radius 3 is 2.76 bits per heavy atom. The fourth-order valence-electron chi connectivity index (χ4n) is 2.14. The minimum atomic E-state index is -0.264. The van der Waals surface area contributed by atoms with Gasteiger partial charge in [0.15, 0.2) is 5.82 Å². The number of aromatic nitrogens is 5. The zero-order valence-electron chi connectivity index (χ0n) is 11.2. The quantitative estimate of drug-likeness (QED) is 0.766. The van der Waals surface area contributed by atoms with Crippen LogP contribution in [0.4, 0.5) is 4.39 Å². The Labute approximate surface area is 119 Å². The standard InChI is InChI=1S/C14H14FN5O/c15-12-3-1-11(2-4-12)5-7-20-13(17-18-14(20)21)9-19-8-6-16-10-19/h1-4,6,8,10H,5,7,9H2,(H,18,21). The Bertz CT molecular complexity index is 758. The summed E-state index contributed by atoms with van der Waals surface area (Å²) < 4.78 is 16.3. The molecule has 0 amide bonds. The molecule has 21 heavy (non-hydrogen) atoms. The summed E-state index contributed by atoms with van der Waals surface area (Å²) in [5, 5.41) is 6.49. The highest BCUT2D eigenvalue weighted by atomic mass is 19.1. The van der Waals surface area contributed by atoms with E-state index in [1.165, 1.54) is 12.1 Å². The number of aromatic amines is 1. The van der Waals surface area contributed by atoms with E-state index in [0.29, 0.717) is 25.3 Å². The van der Waals surface area contributed by atoms with Gasteiger partial charge >= 0.3 is 5.69 Å². The van der Waals surface area contributed by atoms with E-state index in [1.54, 1.807) is 29.2 Å². The second kappa shape index (κ2) is 5.74. The normalized spacial score (nSPS) is 10.9. The van der Waals surface area contributed by atoms with E-state index in [1.807, 2.05) is 10.8 Å². The maximum Gasteiger partial charge on any atom is 0.343 e. The maximum absolute atomic E-state index is 12.9. The van der Waals surface area contributed by atoms with Crippen LogP contribution >= 0.6 is 0 Å². The Kier molecular flexibility index (Phi) is 3.63. The molecular weight excluding hydrogens is 273 g/mol. The SMILES string of the molecule is O=c1[nH]nc(Cn2ccnc2)n1CCc1ccc(F)cc1. The van der Waals surface area contributed by atoms with Crippen molar-refractivity contribution < 1.29 is 4.39 Å². The molecule has 3 aromatic rings. The molecule has 0 saturated heterocycles. The van der Waals surface area contributed by atoms with Gasteiger partial charge in [-0.25, -0.2) is 19.3 Å². The Morgan fingerprint density at radius 2 is 2.05 bits per heavy atom. The Balaban J connectivity index is 1.74. The lowest BCUT2D eigenvalue weighted by Crippen LogP contribution is -2.21. The number of nitrogens with one attached hydrogen (secondary N) is 1. The highest BCUT2D eigenvalue weighted by Crippen LogP contribution is 2.05. The molecule has 0 unspecified atom stereocenters. The third kappa shape index (κ3) is 3.07. The first-order valence-electron chi connectivity index (χ1n) is 6.56. The second-order valence-corrected chi connectivity index (χ2v) is 4.71. The zero-order valence-corrected chi connectivity index (χ0v) is 11.2. The number of halogens is 1. The van der Waals surface area contributed by atoms with Crippen LogP contribution in [0.25, 0.3) is 0 Å². The average molecular weight is 287 g/mol. The van der Waals surface area contributed by atoms with Crippen molar-refractivity contribution in [3.63, 3.8) is 0 Å². The van der Waals surface area contributed by atoms with Crippen LogP contribution in [0.1, 0.15) is 11.4 Å². The van der Waals surface area contributed by atoms with Gasteiger partial charge in [-0.05, 0) is 24.1 Å². The van der Waals surface area contributed by atoms with E-state index < -0.39 is 0 Å². The molecule has 6 nitrogen and oxygen atoms in total. The van der Waals surface area contributed by atoms with Crippen LogP contribution in [0.5, 0.6) is 0 Å². The number of aryl methyl sites for hydroxylation is 1. The van der Waals surface area contributed by atoms with Gasteiger partial charge in [-0.3, -0.25) is 4.57 Å². The van der Waals surface area contributed by atoms with Gasteiger partial charge in [0.05, 0.1) is 12.9 Å². The van der Waals surface area contributed by atoms with Crippen molar-refractivity contribution in [3.8, 4) is 0 Å². The molecular formula is C14H14FN5O. The van der Waals surface area contributed by atoms with Gasteiger partial charge in [-0.2, -0.15) is 5.10 Å². The molecule has 0 aliphatic rings. The summed E-state index contributed by atoms with van der Waals surface area (Å²) in [4.78, 5) is 15.8. The van der Waals surface area contributed by atoms with Gasteiger partial charge in [0.1, 0.15) is 5.82 Å². The van der Waals surface area contributed by atoms with Crippen molar-refractivity contribution in [1.82, 2.24) is 24.3 Å². The van der Waals surface area contributed by atoms with Crippen molar-refractivity contribution in [3.05, 3.63) is 70.7 Å². The van der Waals surface area contributed by atoms with Gasteiger partial charge in [0, 0.05) is 18.9 Å². The molecule has 7 heteroatoms. The Hall–Kier alpha value is -2.70. The first kappa shape index (κ1) is 13.3. The van der Waals surface area contributed by atoms with Gasteiger partial charge in [0.25, 0.3) is 0 Å². The van der Waals surface area contributed by atoms with Gasteiger partial charge < -0.3 is 4.57 Å². The third-order valence-corrected chi connectivity index (χ3v) is 3.26. The number of H-pyrrole nitrogens is 1. The molecule has 0 fully saturated rings. The summed E-state index contributed by atoms with van der Waals surface area (Å²) in [6, 6.07) is 6.27. The molecule has 3 rings (SSSR count). The van der Waals surface area contributed by atoms with Gasteiger partial charge in [-0.15, -0.1) is 0 Å². The van der Waals surface area contributed by atoms with Crippen LogP contribution in [0.15, 0.2) is 47.8 Å². The minimum Gasteiger partial charge on any atom is -0.330 e. The van der Waals surface area contributed by atoms with Crippen molar-refractivity contribution in [2.75, 3.05) is 0 Å². The third-order valence-electron chi connectivity index (χ3n) is 3.26. The lowest BCUT2D eigenvalue weighted by Gasteiger charge is -2.06. The number of benzene rings is 1. The van der Waals surface area contributed by atoms with Crippen LogP contribution in [0.3, 0.4) is 0 Å². The summed E-state index contributed by atoms with van der Waals surface area (Å²) in [5.41, 5.74) is 0.727. The van der Waals surface area contributed by atoms with Crippen molar-refractivity contribution >= 4 is 0 Å². The fraction of sp³-hybridized carbons (Fsp3) is 0.214. The summed E-state index contributed by atoms with van der Waals surface area (Å²) in [7, 11) is 0. The van der Waals surface area contributed by atoms with E-state index in [0.717, 1.165) is 5.56 Å². The minimum absolute atomic E-state index is 0.243. The summed E-state index contributed by atoms with van der Waals surface area (Å²) in [5.74, 6) is 0.375. The average Bonchev–Trinajstić information content (AvgIpc) is 3.10. The van der Waals surface area contributed by atoms with Crippen LogP contribution in [0, 0.1) is 5.82 Å². The Morgan fingerprint density at radius 1 is 1.24 bits per heavy atom. The van der Waals surface area contributed by atoms with Crippen molar-refractivity contribution in [2.45, 2.75) is 19.5 Å². The highest BCUT2D eigenvalue weighted by Gasteiger charge is 2.08. The van der Waals surface area contributed by atoms with E-state index >= 15 is 0 Å². The molecule has 1 N–H and O–H groups in total. The molecule has 0 bridgehead atoms. The first-order valence-corrected chi connectivity index (χ1v) is 6.56. The summed E-state index contributed by atoms with van der Waals surface area (Å²) in [6.45, 7) is 0.965. The molecule has 2 aromatic heterocycles. The number of hydrogen-bond donors (Lipinski definition) is 1. The topological polar surface area (TPSA) is 68.5 Å². The number of rotatable bonds is 5. The summed E-state index contributed by atoms with van der Waals surface area (Å²) in [6.07, 6.45) is 5.79. The van der Waals surface area contributed by atoms with E-state index in [4.69, 9.17) is 0 Å². The van der Waals surface area contributed by atoms with Gasteiger partial charge in [-0.1, -0.05) is 12.1 Å². The molecule has 2 heterocycles. The molecule has 108 valence electrons. The van der Waals surface area contributed by atoms with Crippen LogP contribution in [-0.2, 0) is 19.5 Å². The second-order valence-electron chi connectivity index (χ2n) is 4.71. The van der Waals surface area contributed by atoms with Crippen molar-refractivity contribution in [2.24, 2.45) is 0 Å². The van der Waals surface area contributed by atoms with Crippen LogP contribution in [0.2, 0.25) is 0 Å². The highest BCUT2D eigenvalue weighted by molar-refractivity contribution is 5.16. The molecule has 0 radical (unpaired) electrons. The van der Waals surface area contributed by atoms with E-state index in [2.05, 4.69) is 15.2 Å². The lowest BCUT2D eigenvalue weighted by atomic mass is 10.1. The molecule has 0 atom stereocenters. The molecule has 0 saturated carbocycles. The van der Waals surface area contributed by atoms with E-state index in [9.17, 15) is 9.18 Å². The van der Waals surface area contributed by atoms with Crippen molar-refractivity contribution in [1.29, 1.82) is 0 Å². The predicted molar refractivity (Wildman–Crippen MR) is 74.3 cm³/mol. The smallest absolute Gasteiger partial charge is 0.330 e. The molecule has 0 spiro atoms. The fourth-order valence-corrected chi connectivity index (χ4v) is 2.14. The number of imidazole rings is 1. The predicted octanol–water partition coefficient (Wildman–Crippen LogP) is 1.20. The maximum atomic E-state index is 12.9. The van der Waals surface area contributed by atoms with Crippen LogP contribution < -0.4 is 5.69 Å². The molecule has 0 aliphatic carbocycles. The molecule has 1 aromatic carbocycles. The number of hydrogen-bond acceptors (Lipinski definition) is 3. The lowest BCUT2D eigenvalue weighted by molar-refractivity contribution is 0.604. The number of nitrogens with zero attached hydrogens (tertiary/aromatic N) is 4. The molecule has 0 aliphatic heterocycles. The monoisotopic (exact) mass is 287 g/mol. The summed E-state index contributed by atoms with van der Waals surface area (Å²) >= 11 is 0. The van der Waals surface area contributed by atoms with E-state index in [-0.39, 0.29) is 11.5 Å². The van der Waals surface area contributed by atoms with Crippen LogP contribution in [-0.4, -0.2) is 24.3 Å². The van der Waals surface area contributed by atoms with Gasteiger partial charge in [0.2, 0.25) is 0 Å². The largest absolute Gasteiger partial charge is 0.343 e. The zero-order chi connectivity index (χ0) is 14.7. The first-order chi connectivity index (χ1) is 10.2.